The van der Waals surface area contributed by atoms with Crippen molar-refractivity contribution in [1.82, 2.24) is 15.1 Å². The Kier molecular flexibility index (Phi) is 7.78. The third kappa shape index (κ3) is 7.28. The van der Waals surface area contributed by atoms with Gasteiger partial charge in [0.25, 0.3) is 0 Å². The molecule has 0 spiro atoms. The van der Waals surface area contributed by atoms with Crippen molar-refractivity contribution in [3.05, 3.63) is 0 Å². The first-order valence-electron chi connectivity index (χ1n) is 8.58. The van der Waals surface area contributed by atoms with Crippen molar-refractivity contribution in [2.45, 2.75) is 19.8 Å². The van der Waals surface area contributed by atoms with E-state index in [1.807, 2.05) is 0 Å². The summed E-state index contributed by atoms with van der Waals surface area (Å²) >= 11 is 0. The molecule has 1 N–H and O–H groups in total. The zero-order valence-corrected chi connectivity index (χ0v) is 14.1. The van der Waals surface area contributed by atoms with E-state index in [1.165, 1.54) is 6.92 Å². The second-order valence-electron chi connectivity index (χ2n) is 6.33. The van der Waals surface area contributed by atoms with Gasteiger partial charge < -0.3 is 14.8 Å². The van der Waals surface area contributed by atoms with Crippen LogP contribution in [0.4, 0.5) is 0 Å². The highest BCUT2D eigenvalue weighted by atomic mass is 16.5. The van der Waals surface area contributed by atoms with Crippen molar-refractivity contribution in [2.75, 3.05) is 65.6 Å². The van der Waals surface area contributed by atoms with Gasteiger partial charge in [-0.15, -0.1) is 0 Å². The Hall–Kier alpha value is -1.18. The van der Waals surface area contributed by atoms with Crippen LogP contribution in [0.3, 0.4) is 0 Å². The fraction of sp³-hybridized carbons (Fsp3) is 0.875. The maximum absolute atomic E-state index is 11.9. The van der Waals surface area contributed by atoms with Crippen LogP contribution in [-0.2, 0) is 19.1 Å². The fourth-order valence-corrected chi connectivity index (χ4v) is 2.98. The number of piperazine rings is 1. The van der Waals surface area contributed by atoms with Crippen molar-refractivity contribution in [1.29, 1.82) is 0 Å². The van der Waals surface area contributed by atoms with Crippen molar-refractivity contribution >= 4 is 11.9 Å². The average Bonchev–Trinajstić information content (AvgIpc) is 2.55. The minimum atomic E-state index is -0.236. The predicted molar refractivity (Wildman–Crippen MR) is 86.1 cm³/mol. The Morgan fingerprint density at radius 1 is 1.04 bits per heavy atom. The number of hydrogen-bond donors (Lipinski definition) is 1. The topological polar surface area (TPSA) is 71.1 Å². The van der Waals surface area contributed by atoms with Gasteiger partial charge >= 0.3 is 11.9 Å². The van der Waals surface area contributed by atoms with E-state index in [0.29, 0.717) is 25.7 Å². The molecule has 2 aliphatic rings. The maximum atomic E-state index is 11.9. The Bertz CT molecular complexity index is 378. The summed E-state index contributed by atoms with van der Waals surface area (Å²) < 4.78 is 10.4. The normalized spacial score (nSPS) is 21.1. The largest absolute Gasteiger partial charge is 0.465 e. The summed E-state index contributed by atoms with van der Waals surface area (Å²) in [4.78, 5) is 27.0. The Morgan fingerprint density at radius 3 is 2.35 bits per heavy atom. The monoisotopic (exact) mass is 327 g/mol. The molecule has 0 aromatic carbocycles. The molecule has 0 atom stereocenters. The molecule has 0 unspecified atom stereocenters. The molecule has 0 saturated carbocycles. The van der Waals surface area contributed by atoms with E-state index in [1.54, 1.807) is 0 Å². The van der Waals surface area contributed by atoms with Gasteiger partial charge in [-0.3, -0.25) is 19.4 Å². The summed E-state index contributed by atoms with van der Waals surface area (Å²) in [6.07, 6.45) is 2.18. The molecular weight excluding hydrogens is 298 g/mol. The van der Waals surface area contributed by atoms with Crippen LogP contribution >= 0.6 is 0 Å². The van der Waals surface area contributed by atoms with Gasteiger partial charge in [-0.1, -0.05) is 0 Å². The highest BCUT2D eigenvalue weighted by molar-refractivity contribution is 5.71. The summed E-state index contributed by atoms with van der Waals surface area (Å²) in [5, 5.41) is 3.31. The SMILES string of the molecule is CC(=O)OCCN1CCN(CC(=O)OCC2CCNCC2)CC1. The number of nitrogens with one attached hydrogen (secondary N) is 1. The molecule has 7 heteroatoms. The van der Waals surface area contributed by atoms with E-state index in [0.717, 1.165) is 58.7 Å². The van der Waals surface area contributed by atoms with Gasteiger partial charge in [-0.2, -0.15) is 0 Å². The molecule has 2 fully saturated rings. The molecule has 0 radical (unpaired) electrons. The van der Waals surface area contributed by atoms with E-state index in [9.17, 15) is 9.59 Å². The van der Waals surface area contributed by atoms with Gasteiger partial charge in [0.05, 0.1) is 13.2 Å². The fourth-order valence-electron chi connectivity index (χ4n) is 2.98. The van der Waals surface area contributed by atoms with E-state index in [4.69, 9.17) is 9.47 Å². The maximum Gasteiger partial charge on any atom is 0.320 e. The highest BCUT2D eigenvalue weighted by Crippen LogP contribution is 2.12. The molecule has 2 rings (SSSR count). The lowest BCUT2D eigenvalue weighted by Crippen LogP contribution is -2.49. The third-order valence-corrected chi connectivity index (χ3v) is 4.47. The van der Waals surface area contributed by atoms with E-state index >= 15 is 0 Å². The summed E-state index contributed by atoms with van der Waals surface area (Å²) in [6.45, 7) is 9.09. The predicted octanol–water partition coefficient (Wildman–Crippen LogP) is -0.290. The van der Waals surface area contributed by atoms with Crippen molar-refractivity contribution in [3.63, 3.8) is 0 Å². The van der Waals surface area contributed by atoms with Crippen molar-refractivity contribution in [3.8, 4) is 0 Å². The molecular formula is C16H29N3O4. The van der Waals surface area contributed by atoms with Gasteiger partial charge in [0.2, 0.25) is 0 Å². The number of rotatable bonds is 7. The number of nitrogens with zero attached hydrogens (tertiary/aromatic N) is 2. The van der Waals surface area contributed by atoms with Gasteiger partial charge in [-0.05, 0) is 31.8 Å². The Labute approximate surface area is 138 Å². The highest BCUT2D eigenvalue weighted by Gasteiger charge is 2.20. The Morgan fingerprint density at radius 2 is 1.70 bits per heavy atom. The lowest BCUT2D eigenvalue weighted by atomic mass is 9.99. The number of esters is 2. The lowest BCUT2D eigenvalue weighted by molar-refractivity contribution is -0.147. The van der Waals surface area contributed by atoms with Crippen molar-refractivity contribution in [2.24, 2.45) is 5.92 Å². The van der Waals surface area contributed by atoms with Crippen molar-refractivity contribution < 1.29 is 19.1 Å². The zero-order valence-electron chi connectivity index (χ0n) is 14.1. The molecule has 132 valence electrons. The van der Waals surface area contributed by atoms with Gasteiger partial charge in [0, 0.05) is 39.6 Å². The zero-order chi connectivity index (χ0) is 16.5. The number of hydrogen-bond acceptors (Lipinski definition) is 7. The van der Waals surface area contributed by atoms with E-state index < -0.39 is 0 Å². The van der Waals surface area contributed by atoms with Crippen LogP contribution in [-0.4, -0.2) is 87.3 Å². The first-order valence-corrected chi connectivity index (χ1v) is 8.58. The first-order chi connectivity index (χ1) is 11.1. The molecule has 7 nitrogen and oxygen atoms in total. The number of carbonyl (C=O) groups excluding carboxylic acids is 2. The van der Waals surface area contributed by atoms with Crippen LogP contribution in [0.1, 0.15) is 19.8 Å². The number of carbonyl (C=O) groups is 2. The molecule has 2 aliphatic heterocycles. The summed E-state index contributed by atoms with van der Waals surface area (Å²) in [5.74, 6) is 0.162. The Balaban J connectivity index is 1.54. The second kappa shape index (κ2) is 9.85. The molecule has 2 heterocycles. The van der Waals surface area contributed by atoms with Gasteiger partial charge in [0.1, 0.15) is 6.61 Å². The molecule has 2 saturated heterocycles. The van der Waals surface area contributed by atoms with Gasteiger partial charge in [-0.25, -0.2) is 0 Å². The number of ether oxygens (including phenoxy) is 2. The van der Waals surface area contributed by atoms with Crippen LogP contribution in [0.25, 0.3) is 0 Å². The molecule has 0 amide bonds. The minimum absolute atomic E-state index is 0.114. The van der Waals surface area contributed by atoms with Crippen LogP contribution in [0.2, 0.25) is 0 Å². The lowest BCUT2D eigenvalue weighted by Gasteiger charge is -2.34. The van der Waals surface area contributed by atoms with Crippen LogP contribution in [0, 0.1) is 5.92 Å². The summed E-state index contributed by atoms with van der Waals surface area (Å²) in [5.41, 5.74) is 0. The third-order valence-electron chi connectivity index (χ3n) is 4.47. The molecule has 23 heavy (non-hydrogen) atoms. The van der Waals surface area contributed by atoms with E-state index in [2.05, 4.69) is 15.1 Å². The molecule has 0 aliphatic carbocycles. The molecule has 0 aromatic heterocycles. The first kappa shape index (κ1) is 18.2. The number of piperidine rings is 1. The smallest absolute Gasteiger partial charge is 0.320 e. The quantitative estimate of drug-likeness (QED) is 0.644. The minimum Gasteiger partial charge on any atom is -0.465 e. The van der Waals surface area contributed by atoms with Gasteiger partial charge in [0.15, 0.2) is 0 Å². The molecule has 0 aromatic rings. The van der Waals surface area contributed by atoms with E-state index in [-0.39, 0.29) is 11.9 Å². The second-order valence-corrected chi connectivity index (χ2v) is 6.33. The van der Waals surface area contributed by atoms with Crippen LogP contribution in [0.5, 0.6) is 0 Å². The van der Waals surface area contributed by atoms with Crippen LogP contribution < -0.4 is 5.32 Å². The van der Waals surface area contributed by atoms with Crippen LogP contribution in [0.15, 0.2) is 0 Å². The standard InChI is InChI=1S/C16H29N3O4/c1-14(20)22-11-10-18-6-8-19(9-7-18)12-16(21)23-13-15-2-4-17-5-3-15/h15,17H,2-13H2,1H3. The molecule has 0 bridgehead atoms. The average molecular weight is 327 g/mol. The summed E-state index contributed by atoms with van der Waals surface area (Å²) in [7, 11) is 0. The summed E-state index contributed by atoms with van der Waals surface area (Å²) in [6, 6.07) is 0.